The Morgan fingerprint density at radius 1 is 0.741 bits per heavy atom. The van der Waals surface area contributed by atoms with Crippen molar-refractivity contribution in [1.29, 1.82) is 0 Å². The van der Waals surface area contributed by atoms with Crippen LogP contribution in [0.4, 0.5) is 20.4 Å². The Hall–Kier alpha value is -6.61. The lowest BCUT2D eigenvalue weighted by Gasteiger charge is -2.39. The molecule has 0 unspecified atom stereocenters. The van der Waals surface area contributed by atoms with Crippen molar-refractivity contribution in [1.82, 2.24) is 40.8 Å². The third-order valence-corrected chi connectivity index (χ3v) is 9.24. The van der Waals surface area contributed by atoms with Gasteiger partial charge in [0.1, 0.15) is 34.3 Å². The third-order valence-electron chi connectivity index (χ3n) is 9.24. The highest BCUT2D eigenvalue weighted by atomic mass is 19.1. The third kappa shape index (κ3) is 7.47. The summed E-state index contributed by atoms with van der Waals surface area (Å²) in [6.45, 7) is 4.33. The molecule has 0 saturated carbocycles. The van der Waals surface area contributed by atoms with E-state index in [0.29, 0.717) is 75.0 Å². The molecule has 4 aromatic heterocycles. The Morgan fingerprint density at radius 3 is 1.65 bits per heavy atom. The first-order valence-corrected chi connectivity index (χ1v) is 17.3. The summed E-state index contributed by atoms with van der Waals surface area (Å²) in [6, 6.07) is 19.3. The minimum Gasteiger partial charge on any atom is -0.382 e. The summed E-state index contributed by atoms with van der Waals surface area (Å²) in [5.41, 5.74) is 15.9. The zero-order valence-corrected chi connectivity index (χ0v) is 29.1. The lowest BCUT2D eigenvalue weighted by molar-refractivity contribution is -0.135. The molecule has 0 bridgehead atoms. The fourth-order valence-corrected chi connectivity index (χ4v) is 6.17. The molecule has 15 heteroatoms. The van der Waals surface area contributed by atoms with E-state index in [9.17, 15) is 23.2 Å². The van der Waals surface area contributed by atoms with Gasteiger partial charge in [0, 0.05) is 66.9 Å². The average Bonchev–Trinajstić information content (AvgIpc) is 3.14. The summed E-state index contributed by atoms with van der Waals surface area (Å²) >= 11 is 0. The van der Waals surface area contributed by atoms with Gasteiger partial charge in [-0.15, -0.1) is 0 Å². The van der Waals surface area contributed by atoms with Crippen LogP contribution in [0.2, 0.25) is 0 Å². The van der Waals surface area contributed by atoms with Crippen LogP contribution in [0.5, 0.6) is 0 Å². The number of rotatable bonds is 7. The number of nitrogens with two attached hydrogens (primary N) is 2. The first kappa shape index (κ1) is 35.8. The number of fused-ring (bicyclic) bond motifs is 2. The molecular weight excluding hydrogens is 694 g/mol. The molecule has 6 aromatic rings. The summed E-state index contributed by atoms with van der Waals surface area (Å²) in [7, 11) is 0. The first-order chi connectivity index (χ1) is 26.1. The molecule has 0 aliphatic carbocycles. The molecule has 0 spiro atoms. The number of halogens is 2. The molecule has 0 radical (unpaired) electrons. The summed E-state index contributed by atoms with van der Waals surface area (Å²) in [5.74, 6) is -0.703. The van der Waals surface area contributed by atoms with Gasteiger partial charge in [-0.1, -0.05) is 31.2 Å². The Kier molecular flexibility index (Phi) is 10.0. The number of carbonyl (C=O) groups excluding carboxylic acids is 3. The van der Waals surface area contributed by atoms with Crippen LogP contribution in [0.1, 0.15) is 34.1 Å². The highest BCUT2D eigenvalue weighted by Gasteiger charge is 2.31. The summed E-state index contributed by atoms with van der Waals surface area (Å²) in [6.07, 6.45) is 3.33. The van der Waals surface area contributed by atoms with E-state index in [0.717, 1.165) is 13.1 Å². The number of hydrogen-bond acceptors (Lipinski definition) is 10. The smallest absolute Gasteiger partial charge is 0.253 e. The number of hydrogen-bond donors (Lipinski definition) is 5. The molecule has 2 aliphatic heterocycles. The Labute approximate surface area is 308 Å². The van der Waals surface area contributed by atoms with Crippen molar-refractivity contribution in [3.63, 3.8) is 0 Å². The summed E-state index contributed by atoms with van der Waals surface area (Å²) in [4.78, 5) is 55.8. The molecule has 8 rings (SSSR count). The Balaban J connectivity index is 0.000000168. The van der Waals surface area contributed by atoms with Gasteiger partial charge in [-0.25, -0.2) is 28.7 Å². The second-order valence-corrected chi connectivity index (χ2v) is 13.0. The van der Waals surface area contributed by atoms with Crippen molar-refractivity contribution >= 4 is 51.2 Å². The molecule has 13 nitrogen and oxygen atoms in total. The molecule has 0 atom stereocenters. The van der Waals surface area contributed by atoms with Crippen molar-refractivity contribution in [3.05, 3.63) is 108 Å². The number of anilines is 2. The zero-order chi connectivity index (χ0) is 37.9. The molecule has 2 fully saturated rings. The van der Waals surface area contributed by atoms with Gasteiger partial charge in [-0.05, 0) is 48.5 Å². The molecule has 274 valence electrons. The molecule has 2 aromatic carbocycles. The lowest BCUT2D eigenvalue weighted by atomic mass is 10.0. The lowest BCUT2D eigenvalue weighted by Crippen LogP contribution is -2.60. The van der Waals surface area contributed by atoms with E-state index in [1.807, 2.05) is 6.92 Å². The highest BCUT2D eigenvalue weighted by Crippen LogP contribution is 2.28. The van der Waals surface area contributed by atoms with Crippen molar-refractivity contribution in [2.45, 2.75) is 25.4 Å². The van der Waals surface area contributed by atoms with E-state index in [1.54, 1.807) is 53.4 Å². The van der Waals surface area contributed by atoms with Gasteiger partial charge in [0.05, 0.1) is 34.6 Å². The van der Waals surface area contributed by atoms with Crippen LogP contribution in [-0.4, -0.2) is 80.8 Å². The molecule has 7 N–H and O–H groups in total. The number of amides is 3. The SMILES string of the molecule is CCC(=O)N1CC(NC(=O)c2cnc(N)c3nc(-c4cccc(F)c4)ccc23)C1.Nc1ncc(C(=O)NC2CNC2)c2ccc(-c3cccc(F)c3)nc12. The van der Waals surface area contributed by atoms with E-state index in [-0.39, 0.29) is 53.1 Å². The van der Waals surface area contributed by atoms with Crippen LogP contribution in [-0.2, 0) is 4.79 Å². The van der Waals surface area contributed by atoms with Crippen molar-refractivity contribution in [2.75, 3.05) is 37.6 Å². The fraction of sp³-hybridized carbons (Fsp3) is 0.205. The van der Waals surface area contributed by atoms with Crippen molar-refractivity contribution in [3.8, 4) is 22.5 Å². The molecule has 3 amide bonds. The Bertz CT molecular complexity index is 2420. The molecule has 6 heterocycles. The maximum Gasteiger partial charge on any atom is 0.253 e. The normalized spacial score (nSPS) is 14.1. The minimum absolute atomic E-state index is 0.0733. The van der Waals surface area contributed by atoms with Gasteiger partial charge >= 0.3 is 0 Å². The maximum atomic E-state index is 13.5. The standard InChI is InChI=1S/C21H20FN5O2.C18H16FN5O/c1-2-18(28)27-10-14(11-27)25-21(29)16-9-24-20(23)19-15(16)6-7-17(26-19)12-4-3-5-13(22)8-12;19-11-3-1-2-10(6-11)15-5-4-13-14(9-22-17(20)16(13)24-15)18(25)23-12-7-21-8-12/h3-9,14H,2,10-11H2,1H3,(H2,23,24)(H,25,29);1-6,9,12,21H,7-8H2,(H2,20,22)(H,23,25). The summed E-state index contributed by atoms with van der Waals surface area (Å²) < 4.78 is 27.0. The molecular formula is C39H36F2N10O3. The van der Waals surface area contributed by atoms with Gasteiger partial charge in [0.15, 0.2) is 0 Å². The number of nitrogens with one attached hydrogen (secondary N) is 3. The van der Waals surface area contributed by atoms with Gasteiger partial charge < -0.3 is 32.3 Å². The second kappa shape index (κ2) is 15.2. The quantitative estimate of drug-likeness (QED) is 0.160. The van der Waals surface area contributed by atoms with Crippen LogP contribution in [0.3, 0.4) is 0 Å². The van der Waals surface area contributed by atoms with Crippen LogP contribution in [0.15, 0.2) is 85.2 Å². The van der Waals surface area contributed by atoms with E-state index >= 15 is 0 Å². The number of nitrogens with zero attached hydrogens (tertiary/aromatic N) is 5. The highest BCUT2D eigenvalue weighted by molar-refractivity contribution is 6.09. The monoisotopic (exact) mass is 730 g/mol. The maximum absolute atomic E-state index is 13.5. The minimum atomic E-state index is -0.361. The molecule has 54 heavy (non-hydrogen) atoms. The van der Waals surface area contributed by atoms with Gasteiger partial charge in [-0.2, -0.15) is 0 Å². The topological polar surface area (TPSA) is 194 Å². The van der Waals surface area contributed by atoms with E-state index in [4.69, 9.17) is 11.5 Å². The number of aromatic nitrogens is 4. The first-order valence-electron chi connectivity index (χ1n) is 17.3. The number of nitrogen functional groups attached to an aromatic ring is 2. The van der Waals surface area contributed by atoms with E-state index in [2.05, 4.69) is 35.9 Å². The van der Waals surface area contributed by atoms with E-state index in [1.165, 1.54) is 36.7 Å². The predicted molar refractivity (Wildman–Crippen MR) is 201 cm³/mol. The zero-order valence-electron chi connectivity index (χ0n) is 29.1. The van der Waals surface area contributed by atoms with Gasteiger partial charge in [-0.3, -0.25) is 14.4 Å². The predicted octanol–water partition coefficient (Wildman–Crippen LogP) is 4.09. The molecule has 2 saturated heterocycles. The van der Waals surface area contributed by atoms with Crippen LogP contribution in [0, 0.1) is 11.6 Å². The van der Waals surface area contributed by atoms with Crippen molar-refractivity contribution < 1.29 is 23.2 Å². The number of likely N-dealkylation sites (tertiary alicyclic amines) is 1. The van der Waals surface area contributed by atoms with Crippen LogP contribution < -0.4 is 27.4 Å². The van der Waals surface area contributed by atoms with Gasteiger partial charge in [0.2, 0.25) is 5.91 Å². The number of pyridine rings is 4. The summed E-state index contributed by atoms with van der Waals surface area (Å²) in [5, 5.41) is 10.1. The Morgan fingerprint density at radius 2 is 1.22 bits per heavy atom. The van der Waals surface area contributed by atoms with E-state index < -0.39 is 0 Å². The van der Waals surface area contributed by atoms with Crippen LogP contribution in [0.25, 0.3) is 44.3 Å². The largest absolute Gasteiger partial charge is 0.382 e. The average molecular weight is 731 g/mol. The fourth-order valence-electron chi connectivity index (χ4n) is 6.17. The molecule has 2 aliphatic rings. The van der Waals surface area contributed by atoms with Crippen LogP contribution >= 0.6 is 0 Å². The second-order valence-electron chi connectivity index (χ2n) is 13.0. The number of benzene rings is 2. The van der Waals surface area contributed by atoms with Gasteiger partial charge in [0.25, 0.3) is 11.8 Å². The van der Waals surface area contributed by atoms with Crippen molar-refractivity contribution in [2.24, 2.45) is 0 Å². The number of carbonyl (C=O) groups is 3.